The van der Waals surface area contributed by atoms with Crippen molar-refractivity contribution in [3.8, 4) is 0 Å². The Morgan fingerprint density at radius 3 is 3.16 bits per heavy atom. The number of halogens is 1. The van der Waals surface area contributed by atoms with E-state index in [2.05, 4.69) is 28.8 Å². The average Bonchev–Trinajstić information content (AvgIpc) is 2.72. The van der Waals surface area contributed by atoms with Crippen molar-refractivity contribution in [2.45, 2.75) is 26.2 Å². The first kappa shape index (κ1) is 12.9. The molecule has 0 fully saturated rings. The molecule has 0 radical (unpaired) electrons. The lowest BCUT2D eigenvalue weighted by Gasteiger charge is -2.18. The summed E-state index contributed by atoms with van der Waals surface area (Å²) < 4.78 is 0. The van der Waals surface area contributed by atoms with Crippen LogP contribution in [0, 0.1) is 5.92 Å². The third-order valence-corrected chi connectivity index (χ3v) is 4.86. The third kappa shape index (κ3) is 2.35. The van der Waals surface area contributed by atoms with Crippen LogP contribution in [0.1, 0.15) is 23.8 Å². The molecule has 0 aliphatic heterocycles. The molecule has 3 nitrogen and oxygen atoms in total. The molecule has 19 heavy (non-hydrogen) atoms. The van der Waals surface area contributed by atoms with Crippen LogP contribution in [-0.2, 0) is 12.8 Å². The van der Waals surface area contributed by atoms with Crippen LogP contribution in [0.2, 0.25) is 5.28 Å². The monoisotopic (exact) mass is 293 g/mol. The van der Waals surface area contributed by atoms with E-state index in [4.69, 9.17) is 11.6 Å². The molecular weight excluding hydrogens is 278 g/mol. The molecule has 1 aliphatic rings. The molecule has 100 valence electrons. The molecule has 0 spiro atoms. The fourth-order valence-corrected chi connectivity index (χ4v) is 4.21. The van der Waals surface area contributed by atoms with Gasteiger partial charge in [0.2, 0.25) is 5.28 Å². The van der Waals surface area contributed by atoms with Crippen molar-refractivity contribution in [2.75, 3.05) is 11.9 Å². The van der Waals surface area contributed by atoms with Crippen LogP contribution in [0.4, 0.5) is 5.82 Å². The van der Waals surface area contributed by atoms with Crippen molar-refractivity contribution in [3.63, 3.8) is 0 Å². The van der Waals surface area contributed by atoms with E-state index in [9.17, 15) is 0 Å². The number of nitrogens with one attached hydrogen (secondary N) is 1. The Hall–Kier alpha value is -1.13. The minimum absolute atomic E-state index is 0.311. The van der Waals surface area contributed by atoms with Gasteiger partial charge in [0.05, 0.1) is 5.39 Å². The van der Waals surface area contributed by atoms with Gasteiger partial charge in [-0.3, -0.25) is 0 Å². The highest BCUT2D eigenvalue weighted by Gasteiger charge is 2.23. The van der Waals surface area contributed by atoms with Crippen LogP contribution in [0.15, 0.2) is 12.7 Å². The Labute approximate surface area is 121 Å². The summed E-state index contributed by atoms with van der Waals surface area (Å²) in [5, 5.41) is 4.75. The Morgan fingerprint density at radius 2 is 2.37 bits per heavy atom. The maximum atomic E-state index is 6.01. The molecule has 5 heteroatoms. The number of aromatic nitrogens is 2. The van der Waals surface area contributed by atoms with Gasteiger partial charge in [-0.1, -0.05) is 13.0 Å². The zero-order valence-electron chi connectivity index (χ0n) is 10.9. The summed E-state index contributed by atoms with van der Waals surface area (Å²) in [5.74, 6) is 1.61. The maximum absolute atomic E-state index is 6.01. The van der Waals surface area contributed by atoms with Crippen molar-refractivity contribution in [3.05, 3.63) is 28.4 Å². The predicted molar refractivity (Wildman–Crippen MR) is 82.3 cm³/mol. The van der Waals surface area contributed by atoms with Crippen molar-refractivity contribution >= 4 is 39.0 Å². The molecule has 0 bridgehead atoms. The summed E-state index contributed by atoms with van der Waals surface area (Å²) in [7, 11) is 0. The van der Waals surface area contributed by atoms with Crippen LogP contribution < -0.4 is 5.32 Å². The minimum atomic E-state index is 0.311. The summed E-state index contributed by atoms with van der Waals surface area (Å²) in [6, 6.07) is 0. The number of nitrogens with zero attached hydrogens (tertiary/aromatic N) is 2. The molecule has 2 aromatic heterocycles. The van der Waals surface area contributed by atoms with Crippen molar-refractivity contribution in [1.29, 1.82) is 0 Å². The van der Waals surface area contributed by atoms with E-state index in [0.717, 1.165) is 34.8 Å². The number of anilines is 1. The molecular formula is C14H16ClN3S. The summed E-state index contributed by atoms with van der Waals surface area (Å²) in [5.41, 5.74) is 1.42. The highest BCUT2D eigenvalue weighted by atomic mass is 35.5. The van der Waals surface area contributed by atoms with E-state index in [1.54, 1.807) is 11.3 Å². The summed E-state index contributed by atoms with van der Waals surface area (Å²) in [6.45, 7) is 6.72. The van der Waals surface area contributed by atoms with Gasteiger partial charge in [-0.25, -0.2) is 9.97 Å². The number of hydrogen-bond acceptors (Lipinski definition) is 4. The number of thiophene rings is 1. The summed E-state index contributed by atoms with van der Waals surface area (Å²) in [6.07, 6.45) is 5.32. The van der Waals surface area contributed by atoms with Crippen LogP contribution in [0.3, 0.4) is 0 Å². The number of aryl methyl sites for hydroxylation is 1. The number of fused-ring (bicyclic) bond motifs is 3. The van der Waals surface area contributed by atoms with Crippen molar-refractivity contribution in [1.82, 2.24) is 9.97 Å². The van der Waals surface area contributed by atoms with Crippen molar-refractivity contribution < 1.29 is 0 Å². The van der Waals surface area contributed by atoms with Gasteiger partial charge in [-0.15, -0.1) is 17.9 Å². The summed E-state index contributed by atoms with van der Waals surface area (Å²) >= 11 is 7.78. The van der Waals surface area contributed by atoms with Gasteiger partial charge in [-0.05, 0) is 42.3 Å². The van der Waals surface area contributed by atoms with E-state index >= 15 is 0 Å². The van der Waals surface area contributed by atoms with Crippen LogP contribution >= 0.6 is 22.9 Å². The molecule has 1 N–H and O–H groups in total. The number of hydrogen-bond donors (Lipinski definition) is 1. The maximum Gasteiger partial charge on any atom is 0.225 e. The highest BCUT2D eigenvalue weighted by Crippen LogP contribution is 2.40. The smallest absolute Gasteiger partial charge is 0.225 e. The number of rotatable bonds is 3. The quantitative estimate of drug-likeness (QED) is 0.685. The van der Waals surface area contributed by atoms with Crippen molar-refractivity contribution in [2.24, 2.45) is 5.92 Å². The van der Waals surface area contributed by atoms with Gasteiger partial charge < -0.3 is 5.32 Å². The Balaban J connectivity index is 2.16. The van der Waals surface area contributed by atoms with E-state index in [0.29, 0.717) is 11.8 Å². The normalized spacial score (nSPS) is 18.3. The minimum Gasteiger partial charge on any atom is -0.366 e. The summed E-state index contributed by atoms with van der Waals surface area (Å²) in [4.78, 5) is 11.2. The van der Waals surface area contributed by atoms with Gasteiger partial charge >= 0.3 is 0 Å². The van der Waals surface area contributed by atoms with E-state index in [1.165, 1.54) is 16.9 Å². The fraction of sp³-hybridized carbons (Fsp3) is 0.429. The molecule has 0 saturated carbocycles. The molecule has 3 rings (SSSR count). The molecule has 0 saturated heterocycles. The molecule has 0 amide bonds. The molecule has 2 aromatic rings. The Kier molecular flexibility index (Phi) is 3.46. The lowest BCUT2D eigenvalue weighted by Crippen LogP contribution is -2.09. The second kappa shape index (κ2) is 5.10. The first-order valence-electron chi connectivity index (χ1n) is 6.51. The second-order valence-electron chi connectivity index (χ2n) is 5.04. The topological polar surface area (TPSA) is 37.8 Å². The molecule has 1 atom stereocenters. The largest absolute Gasteiger partial charge is 0.366 e. The fourth-order valence-electron chi connectivity index (χ4n) is 2.61. The van der Waals surface area contributed by atoms with E-state index in [-0.39, 0.29) is 0 Å². The van der Waals surface area contributed by atoms with Gasteiger partial charge in [0.25, 0.3) is 0 Å². The Morgan fingerprint density at radius 1 is 1.53 bits per heavy atom. The van der Waals surface area contributed by atoms with E-state index < -0.39 is 0 Å². The van der Waals surface area contributed by atoms with Crippen LogP contribution in [-0.4, -0.2) is 16.5 Å². The molecule has 0 aromatic carbocycles. The first-order valence-corrected chi connectivity index (χ1v) is 7.71. The standard InChI is InChI=1S/C14H16ClN3S/c1-3-6-16-12-11-9-5-4-8(2)7-10(9)19-13(11)18-14(15)17-12/h3,8H,1,4-7H2,2H3,(H,16,17,18). The first-order chi connectivity index (χ1) is 9.19. The Bertz CT molecular complexity index is 635. The van der Waals surface area contributed by atoms with Gasteiger partial charge in [-0.2, -0.15) is 0 Å². The van der Waals surface area contributed by atoms with Crippen LogP contribution in [0.25, 0.3) is 10.2 Å². The zero-order valence-corrected chi connectivity index (χ0v) is 12.4. The van der Waals surface area contributed by atoms with E-state index in [1.807, 2.05) is 6.08 Å². The van der Waals surface area contributed by atoms with Gasteiger partial charge in [0, 0.05) is 11.4 Å². The second-order valence-corrected chi connectivity index (χ2v) is 6.46. The highest BCUT2D eigenvalue weighted by molar-refractivity contribution is 7.19. The average molecular weight is 294 g/mol. The third-order valence-electron chi connectivity index (χ3n) is 3.54. The lowest BCUT2D eigenvalue weighted by molar-refractivity contribution is 0.509. The molecule has 2 heterocycles. The molecule has 1 aliphatic carbocycles. The lowest BCUT2D eigenvalue weighted by atomic mass is 9.89. The van der Waals surface area contributed by atoms with Gasteiger partial charge in [0.1, 0.15) is 10.6 Å². The van der Waals surface area contributed by atoms with Crippen LogP contribution in [0.5, 0.6) is 0 Å². The van der Waals surface area contributed by atoms with Gasteiger partial charge in [0.15, 0.2) is 0 Å². The zero-order chi connectivity index (χ0) is 13.4. The SMILES string of the molecule is C=CCNc1nc(Cl)nc2sc3c(c12)CCC(C)C3. The predicted octanol–water partition coefficient (Wildman–Crippen LogP) is 4.07. The molecule has 1 unspecified atom stereocenters.